The molecule has 1 aliphatic rings. The molecular formula is C13H12F2N4O2. The van der Waals surface area contributed by atoms with Crippen LogP contribution in [0.15, 0.2) is 24.4 Å². The van der Waals surface area contributed by atoms with Gasteiger partial charge in [-0.25, -0.2) is 4.98 Å². The highest BCUT2D eigenvalue weighted by Crippen LogP contribution is 2.42. The van der Waals surface area contributed by atoms with Crippen molar-refractivity contribution in [3.63, 3.8) is 0 Å². The Morgan fingerprint density at radius 1 is 1.19 bits per heavy atom. The second-order valence-corrected chi connectivity index (χ2v) is 4.43. The van der Waals surface area contributed by atoms with Gasteiger partial charge in [-0.3, -0.25) is 0 Å². The first-order chi connectivity index (χ1) is 9.97. The normalized spacial score (nSPS) is 14.9. The first-order valence-electron chi connectivity index (χ1n) is 6.15. The molecule has 1 aromatic heterocycles. The highest BCUT2D eigenvalue weighted by Gasteiger charge is 2.43. The molecule has 0 unspecified atom stereocenters. The van der Waals surface area contributed by atoms with Crippen LogP contribution in [0.2, 0.25) is 0 Å². The molecule has 0 bridgehead atoms. The third-order valence-electron chi connectivity index (χ3n) is 2.86. The Morgan fingerprint density at radius 3 is 2.71 bits per heavy atom. The molecule has 0 atom stereocenters. The van der Waals surface area contributed by atoms with E-state index in [1.165, 1.54) is 12.1 Å². The van der Waals surface area contributed by atoms with Crippen molar-refractivity contribution in [2.75, 3.05) is 17.7 Å². The van der Waals surface area contributed by atoms with Crippen molar-refractivity contribution in [3.8, 4) is 11.5 Å². The number of benzene rings is 1. The van der Waals surface area contributed by atoms with Crippen LogP contribution in [0, 0.1) is 6.92 Å². The maximum Gasteiger partial charge on any atom is 0.586 e. The van der Waals surface area contributed by atoms with Crippen molar-refractivity contribution in [1.82, 2.24) is 9.97 Å². The van der Waals surface area contributed by atoms with E-state index in [4.69, 9.17) is 0 Å². The molecule has 8 heteroatoms. The first-order valence-corrected chi connectivity index (χ1v) is 6.15. The molecule has 110 valence electrons. The van der Waals surface area contributed by atoms with Gasteiger partial charge in [0.15, 0.2) is 11.5 Å². The van der Waals surface area contributed by atoms with Crippen molar-refractivity contribution in [2.24, 2.45) is 0 Å². The molecule has 3 rings (SSSR count). The number of ether oxygens (including phenoxy) is 2. The standard InChI is InChI=1S/C13H12F2N4O2/c1-7-6-17-12(16-2)19-11(7)18-8-3-4-9-10(5-8)21-13(14,15)20-9/h3-6H,1-2H3,(H2,16,17,18,19). The molecule has 0 spiro atoms. The molecular weight excluding hydrogens is 282 g/mol. The summed E-state index contributed by atoms with van der Waals surface area (Å²) >= 11 is 0. The molecule has 0 fully saturated rings. The molecule has 6 nitrogen and oxygen atoms in total. The first kappa shape index (κ1) is 13.3. The van der Waals surface area contributed by atoms with Crippen molar-refractivity contribution < 1.29 is 18.3 Å². The maximum absolute atomic E-state index is 13.0. The average molecular weight is 294 g/mol. The van der Waals surface area contributed by atoms with Crippen molar-refractivity contribution in [2.45, 2.75) is 13.2 Å². The van der Waals surface area contributed by atoms with Crippen molar-refractivity contribution in [1.29, 1.82) is 0 Å². The van der Waals surface area contributed by atoms with Gasteiger partial charge in [-0.1, -0.05) is 0 Å². The van der Waals surface area contributed by atoms with Gasteiger partial charge in [0, 0.05) is 30.6 Å². The zero-order chi connectivity index (χ0) is 15.0. The second-order valence-electron chi connectivity index (χ2n) is 4.43. The Kier molecular flexibility index (Phi) is 3.00. The maximum atomic E-state index is 13.0. The molecule has 0 amide bonds. The van der Waals surface area contributed by atoms with Crippen LogP contribution in [-0.2, 0) is 0 Å². The van der Waals surface area contributed by atoms with Gasteiger partial charge in [0.2, 0.25) is 5.95 Å². The van der Waals surface area contributed by atoms with Crippen molar-refractivity contribution >= 4 is 17.5 Å². The number of nitrogens with one attached hydrogen (secondary N) is 2. The quantitative estimate of drug-likeness (QED) is 0.907. The molecule has 1 aliphatic heterocycles. The monoisotopic (exact) mass is 294 g/mol. The zero-order valence-electron chi connectivity index (χ0n) is 11.3. The summed E-state index contributed by atoms with van der Waals surface area (Å²) in [5.74, 6) is 1.00. The van der Waals surface area contributed by atoms with Crippen LogP contribution < -0.4 is 20.1 Å². The molecule has 0 saturated heterocycles. The third-order valence-corrected chi connectivity index (χ3v) is 2.86. The topological polar surface area (TPSA) is 68.3 Å². The van der Waals surface area contributed by atoms with Gasteiger partial charge in [0.05, 0.1) is 0 Å². The molecule has 2 N–H and O–H groups in total. The van der Waals surface area contributed by atoms with Crippen LogP contribution in [0.5, 0.6) is 11.5 Å². The summed E-state index contributed by atoms with van der Waals surface area (Å²) in [5.41, 5.74) is 1.37. The Bertz CT molecular complexity index is 694. The van der Waals surface area contributed by atoms with Gasteiger partial charge >= 0.3 is 6.29 Å². The van der Waals surface area contributed by atoms with E-state index >= 15 is 0 Å². The summed E-state index contributed by atoms with van der Waals surface area (Å²) in [5, 5.41) is 5.86. The van der Waals surface area contributed by atoms with Gasteiger partial charge in [-0.15, -0.1) is 8.78 Å². The Labute approximate surface area is 119 Å². The number of halogens is 2. The molecule has 21 heavy (non-hydrogen) atoms. The number of anilines is 3. The summed E-state index contributed by atoms with van der Waals surface area (Å²) in [6, 6.07) is 4.44. The molecule has 0 aliphatic carbocycles. The molecule has 0 radical (unpaired) electrons. The van der Waals surface area contributed by atoms with E-state index in [0.29, 0.717) is 17.5 Å². The molecule has 0 saturated carbocycles. The Balaban J connectivity index is 1.87. The fourth-order valence-corrected chi connectivity index (χ4v) is 1.85. The smallest absolute Gasteiger partial charge is 0.395 e. The van der Waals surface area contributed by atoms with Gasteiger partial charge in [0.25, 0.3) is 0 Å². The highest BCUT2D eigenvalue weighted by molar-refractivity contribution is 5.64. The Hall–Kier alpha value is -2.64. The number of hydrogen-bond acceptors (Lipinski definition) is 6. The lowest BCUT2D eigenvalue weighted by molar-refractivity contribution is -0.286. The van der Waals surface area contributed by atoms with Crippen LogP contribution in [-0.4, -0.2) is 23.3 Å². The van der Waals surface area contributed by atoms with Crippen molar-refractivity contribution in [3.05, 3.63) is 30.0 Å². The van der Waals surface area contributed by atoms with E-state index in [2.05, 4.69) is 30.1 Å². The minimum Gasteiger partial charge on any atom is -0.395 e. The average Bonchev–Trinajstić information content (AvgIpc) is 2.74. The number of nitrogens with zero attached hydrogens (tertiary/aromatic N) is 2. The van der Waals surface area contributed by atoms with E-state index < -0.39 is 6.29 Å². The lowest BCUT2D eigenvalue weighted by Crippen LogP contribution is -2.25. The van der Waals surface area contributed by atoms with Crippen LogP contribution in [0.25, 0.3) is 0 Å². The number of fused-ring (bicyclic) bond motifs is 1. The summed E-state index contributed by atoms with van der Waals surface area (Å²) in [6.07, 6.45) is -1.96. The van der Waals surface area contributed by atoms with E-state index in [1.807, 2.05) is 6.92 Å². The van der Waals surface area contributed by atoms with E-state index in [1.54, 1.807) is 19.3 Å². The second kappa shape index (κ2) is 4.72. The SMILES string of the molecule is CNc1ncc(C)c(Nc2ccc3c(c2)OC(F)(F)O3)n1. The van der Waals surface area contributed by atoms with E-state index in [0.717, 1.165) is 5.56 Å². The zero-order valence-corrected chi connectivity index (χ0v) is 11.3. The van der Waals surface area contributed by atoms with Gasteiger partial charge < -0.3 is 20.1 Å². The number of aryl methyl sites for hydroxylation is 1. The summed E-state index contributed by atoms with van der Waals surface area (Å²) in [7, 11) is 1.71. The fourth-order valence-electron chi connectivity index (χ4n) is 1.85. The lowest BCUT2D eigenvalue weighted by atomic mass is 10.2. The van der Waals surface area contributed by atoms with Gasteiger partial charge in [-0.2, -0.15) is 4.98 Å². The highest BCUT2D eigenvalue weighted by atomic mass is 19.3. The Morgan fingerprint density at radius 2 is 1.95 bits per heavy atom. The summed E-state index contributed by atoms with van der Waals surface area (Å²) in [6.45, 7) is 1.84. The summed E-state index contributed by atoms with van der Waals surface area (Å²) in [4.78, 5) is 8.32. The van der Waals surface area contributed by atoms with Crippen LogP contribution in [0.3, 0.4) is 0 Å². The van der Waals surface area contributed by atoms with Gasteiger partial charge in [0.1, 0.15) is 5.82 Å². The van der Waals surface area contributed by atoms with E-state index in [-0.39, 0.29) is 11.5 Å². The predicted octanol–water partition coefficient (Wildman–Crippen LogP) is 2.89. The van der Waals surface area contributed by atoms with Crippen LogP contribution in [0.4, 0.5) is 26.2 Å². The fraction of sp³-hybridized carbons (Fsp3) is 0.231. The minimum atomic E-state index is -3.62. The minimum absolute atomic E-state index is 0.000809. The molecule has 1 aromatic carbocycles. The number of hydrogen-bond donors (Lipinski definition) is 2. The molecule has 2 aromatic rings. The lowest BCUT2D eigenvalue weighted by Gasteiger charge is -2.10. The number of rotatable bonds is 3. The molecule has 2 heterocycles. The number of aromatic nitrogens is 2. The van der Waals surface area contributed by atoms with E-state index in [9.17, 15) is 8.78 Å². The third kappa shape index (κ3) is 2.64. The number of alkyl halides is 2. The predicted molar refractivity (Wildman–Crippen MR) is 72.2 cm³/mol. The van der Waals surface area contributed by atoms with Crippen LogP contribution in [0.1, 0.15) is 5.56 Å². The largest absolute Gasteiger partial charge is 0.586 e. The van der Waals surface area contributed by atoms with Crippen LogP contribution >= 0.6 is 0 Å². The summed E-state index contributed by atoms with van der Waals surface area (Å²) < 4.78 is 34.7. The van der Waals surface area contributed by atoms with Gasteiger partial charge in [-0.05, 0) is 19.1 Å².